The van der Waals surface area contributed by atoms with Gasteiger partial charge in [-0.05, 0) is 41.6 Å². The molecule has 0 unspecified atom stereocenters. The highest BCUT2D eigenvalue weighted by molar-refractivity contribution is 7.89. The zero-order valence-corrected chi connectivity index (χ0v) is 23.8. The number of rotatable bonds is 6. The van der Waals surface area contributed by atoms with Gasteiger partial charge in [-0.2, -0.15) is 0 Å². The van der Waals surface area contributed by atoms with Crippen molar-refractivity contribution in [3.63, 3.8) is 0 Å². The summed E-state index contributed by atoms with van der Waals surface area (Å²) in [6, 6.07) is 16.4. The number of fused-ring (bicyclic) bond motifs is 5. The molecule has 0 aliphatic carbocycles. The minimum Gasteiger partial charge on any atom is -0.496 e. The second-order valence-electron chi connectivity index (χ2n) is 9.56. The van der Waals surface area contributed by atoms with Crippen LogP contribution in [0.25, 0.3) is 43.6 Å². The highest BCUT2D eigenvalue weighted by Crippen LogP contribution is 2.46. The van der Waals surface area contributed by atoms with Gasteiger partial charge in [0, 0.05) is 42.9 Å². The lowest BCUT2D eigenvalue weighted by molar-refractivity contribution is 0.357. The van der Waals surface area contributed by atoms with Gasteiger partial charge in [-0.15, -0.1) is 0 Å². The topological polar surface area (TPSA) is 87.1 Å². The van der Waals surface area contributed by atoms with Crippen molar-refractivity contribution < 1.29 is 22.6 Å². The van der Waals surface area contributed by atoms with Crippen LogP contribution < -0.4 is 19.8 Å². The molecule has 8 nitrogen and oxygen atoms in total. The van der Waals surface area contributed by atoms with Crippen LogP contribution in [0.3, 0.4) is 0 Å². The number of aryl methyl sites for hydroxylation is 2. The Balaban J connectivity index is 1.92. The average molecular weight is 547 g/mol. The maximum Gasteiger partial charge on any atom is 0.262 e. The minimum absolute atomic E-state index is 0.167. The molecule has 0 N–H and O–H groups in total. The summed E-state index contributed by atoms with van der Waals surface area (Å²) in [5.74, 6) is 1.57. The Bertz CT molecular complexity index is 1940. The van der Waals surface area contributed by atoms with Gasteiger partial charge in [0.1, 0.15) is 5.75 Å². The maximum absolute atomic E-state index is 13.7. The van der Waals surface area contributed by atoms with E-state index in [9.17, 15) is 13.2 Å². The lowest BCUT2D eigenvalue weighted by Crippen LogP contribution is -2.22. The Morgan fingerprint density at radius 1 is 0.769 bits per heavy atom. The van der Waals surface area contributed by atoms with Crippen LogP contribution in [-0.4, -0.2) is 52.7 Å². The second kappa shape index (κ2) is 9.59. The summed E-state index contributed by atoms with van der Waals surface area (Å²) in [5.41, 5.74) is 2.94. The van der Waals surface area contributed by atoms with Crippen molar-refractivity contribution in [2.24, 2.45) is 7.05 Å². The molecule has 0 spiro atoms. The third-order valence-corrected chi connectivity index (χ3v) is 9.09. The number of pyridine rings is 1. The molecule has 0 saturated carbocycles. The first kappa shape index (κ1) is 26.5. The predicted molar refractivity (Wildman–Crippen MR) is 155 cm³/mol. The fraction of sp³-hybridized carbons (Fsp3) is 0.233. The van der Waals surface area contributed by atoms with E-state index < -0.39 is 10.0 Å². The number of benzene rings is 4. The summed E-state index contributed by atoms with van der Waals surface area (Å²) in [5, 5.41) is 3.85. The van der Waals surface area contributed by atoms with Crippen molar-refractivity contribution >= 4 is 42.5 Å². The first-order valence-corrected chi connectivity index (χ1v) is 13.7. The van der Waals surface area contributed by atoms with Crippen LogP contribution in [0.4, 0.5) is 0 Å². The molecule has 0 bridgehead atoms. The van der Waals surface area contributed by atoms with Gasteiger partial charge in [-0.3, -0.25) is 4.79 Å². The van der Waals surface area contributed by atoms with Crippen molar-refractivity contribution in [3.05, 3.63) is 70.5 Å². The van der Waals surface area contributed by atoms with E-state index in [-0.39, 0.29) is 10.5 Å². The third-order valence-electron chi connectivity index (χ3n) is 7.26. The van der Waals surface area contributed by atoms with Gasteiger partial charge in [-0.25, -0.2) is 12.7 Å². The molecule has 0 amide bonds. The normalized spacial score (nSPS) is 12.0. The fourth-order valence-electron chi connectivity index (χ4n) is 5.29. The van der Waals surface area contributed by atoms with Crippen molar-refractivity contribution in [3.8, 4) is 28.4 Å². The second-order valence-corrected chi connectivity index (χ2v) is 11.7. The van der Waals surface area contributed by atoms with E-state index in [0.717, 1.165) is 43.8 Å². The fourth-order valence-corrected chi connectivity index (χ4v) is 6.20. The van der Waals surface area contributed by atoms with Crippen LogP contribution in [0.1, 0.15) is 5.56 Å². The van der Waals surface area contributed by atoms with Crippen LogP contribution in [0.5, 0.6) is 17.2 Å². The molecule has 5 rings (SSSR count). The van der Waals surface area contributed by atoms with Gasteiger partial charge >= 0.3 is 0 Å². The molecular weight excluding hydrogens is 516 g/mol. The van der Waals surface area contributed by atoms with Gasteiger partial charge in [0.15, 0.2) is 11.5 Å². The van der Waals surface area contributed by atoms with E-state index in [0.29, 0.717) is 22.6 Å². The number of sulfonamides is 1. The van der Waals surface area contributed by atoms with Crippen molar-refractivity contribution in [1.82, 2.24) is 8.87 Å². The lowest BCUT2D eigenvalue weighted by atomic mass is 9.93. The van der Waals surface area contributed by atoms with Crippen LogP contribution >= 0.6 is 0 Å². The molecule has 39 heavy (non-hydrogen) atoms. The SMILES string of the molecule is COc1cc2c(ccc3c4ccc(C)c(OC)c4c(=O)n(C)c23)c(-c2ccc(S(=O)(=O)N(C)C)cc2)c1OC. The highest BCUT2D eigenvalue weighted by atomic mass is 32.2. The van der Waals surface area contributed by atoms with E-state index in [1.165, 1.54) is 18.4 Å². The largest absolute Gasteiger partial charge is 0.496 e. The Labute approximate surface area is 227 Å². The van der Waals surface area contributed by atoms with Crippen molar-refractivity contribution in [2.45, 2.75) is 11.8 Å². The number of ether oxygens (including phenoxy) is 3. The first-order valence-electron chi connectivity index (χ1n) is 12.3. The van der Waals surface area contributed by atoms with Crippen LogP contribution in [0.15, 0.2) is 64.3 Å². The molecule has 0 radical (unpaired) electrons. The van der Waals surface area contributed by atoms with E-state index in [2.05, 4.69) is 0 Å². The third kappa shape index (κ3) is 3.92. The smallest absolute Gasteiger partial charge is 0.262 e. The standard InChI is InChI=1S/C30H30N2O6S/c1-17-8-13-20-22-15-14-21-23(27(22)32(4)30(33)26(20)28(17)37-6)16-24(36-5)29(38-7)25(21)18-9-11-19(12-10-18)39(34,35)31(2)3/h8-16H,1-7H3. The number of aromatic nitrogens is 1. The summed E-state index contributed by atoms with van der Waals surface area (Å²) in [7, 11) is 5.86. The molecule has 0 aliphatic rings. The zero-order chi connectivity index (χ0) is 28.2. The van der Waals surface area contributed by atoms with Crippen molar-refractivity contribution in [2.75, 3.05) is 35.4 Å². The van der Waals surface area contributed by atoms with E-state index in [1.54, 1.807) is 57.2 Å². The molecule has 4 aromatic carbocycles. The van der Waals surface area contributed by atoms with Crippen LogP contribution in [0.2, 0.25) is 0 Å². The summed E-state index contributed by atoms with van der Waals surface area (Å²) in [4.78, 5) is 13.9. The molecule has 0 aliphatic heterocycles. The molecule has 1 heterocycles. The van der Waals surface area contributed by atoms with Gasteiger partial charge in [-0.1, -0.05) is 36.4 Å². The number of methoxy groups -OCH3 is 3. The number of hydrogen-bond acceptors (Lipinski definition) is 6. The summed E-state index contributed by atoms with van der Waals surface area (Å²) in [6.07, 6.45) is 0. The zero-order valence-electron chi connectivity index (χ0n) is 22.9. The summed E-state index contributed by atoms with van der Waals surface area (Å²) in [6.45, 7) is 1.92. The van der Waals surface area contributed by atoms with E-state index in [1.807, 2.05) is 37.3 Å². The Morgan fingerprint density at radius 2 is 1.38 bits per heavy atom. The Morgan fingerprint density at radius 3 is 1.97 bits per heavy atom. The first-order chi connectivity index (χ1) is 18.6. The number of nitrogens with zero attached hydrogens (tertiary/aromatic N) is 2. The van der Waals surface area contributed by atoms with Crippen molar-refractivity contribution in [1.29, 1.82) is 0 Å². The molecule has 0 atom stereocenters. The molecule has 0 fully saturated rings. The van der Waals surface area contributed by atoms with Gasteiger partial charge < -0.3 is 18.8 Å². The highest BCUT2D eigenvalue weighted by Gasteiger charge is 2.23. The van der Waals surface area contributed by atoms with Gasteiger partial charge in [0.2, 0.25) is 10.0 Å². The monoisotopic (exact) mass is 546 g/mol. The minimum atomic E-state index is -3.59. The van der Waals surface area contributed by atoms with E-state index in [4.69, 9.17) is 14.2 Å². The Hall–Kier alpha value is -4.08. The van der Waals surface area contributed by atoms with Gasteiger partial charge in [0.05, 0.1) is 37.1 Å². The molecule has 1 aromatic heterocycles. The van der Waals surface area contributed by atoms with Crippen LogP contribution in [0, 0.1) is 6.92 Å². The predicted octanol–water partition coefficient (Wildman–Crippen LogP) is 5.10. The van der Waals surface area contributed by atoms with Crippen LogP contribution in [-0.2, 0) is 17.1 Å². The summed E-state index contributed by atoms with van der Waals surface area (Å²) < 4.78 is 45.3. The average Bonchev–Trinajstić information content (AvgIpc) is 2.93. The molecular formula is C30H30N2O6S. The molecule has 202 valence electrons. The molecule has 0 saturated heterocycles. The molecule has 5 aromatic rings. The Kier molecular flexibility index (Phi) is 6.52. The van der Waals surface area contributed by atoms with E-state index >= 15 is 0 Å². The lowest BCUT2D eigenvalue weighted by Gasteiger charge is -2.20. The molecule has 9 heteroatoms. The maximum atomic E-state index is 13.7. The van der Waals surface area contributed by atoms with Gasteiger partial charge in [0.25, 0.3) is 5.56 Å². The summed E-state index contributed by atoms with van der Waals surface area (Å²) >= 11 is 0. The number of hydrogen-bond donors (Lipinski definition) is 0. The quantitative estimate of drug-likeness (QED) is 0.276.